The third-order valence-electron chi connectivity index (χ3n) is 4.71. The molecule has 0 saturated carbocycles. The Kier molecular flexibility index (Phi) is 6.34. The lowest BCUT2D eigenvalue weighted by Crippen LogP contribution is -2.48. The van der Waals surface area contributed by atoms with Gasteiger partial charge in [0.2, 0.25) is 0 Å². The molecule has 0 unspecified atom stereocenters. The molecular weight excluding hydrogens is 282 g/mol. The highest BCUT2D eigenvalue weighted by Gasteiger charge is 2.21. The minimum Gasteiger partial charge on any atom is -0.369 e. The molecule has 4 heteroatoms. The quantitative estimate of drug-likeness (QED) is 0.926. The molecule has 2 fully saturated rings. The predicted molar refractivity (Wildman–Crippen MR) is 92.7 cm³/mol. The van der Waals surface area contributed by atoms with Crippen molar-refractivity contribution in [3.63, 3.8) is 0 Å². The first-order chi connectivity index (χ1) is 9.81. The standard InChI is InChI=1S/C17H27N3.ClH/c1-15-3-2-4-17(13-15)20-11-9-19(10-12-20)14-16-5-7-18-8-6-16;/h2-4,13,16,18H,5-12,14H2,1H3;1H. The molecule has 3 rings (SSSR count). The van der Waals surface area contributed by atoms with Crippen molar-refractivity contribution in [2.45, 2.75) is 19.8 Å². The Hall–Kier alpha value is -0.770. The highest BCUT2D eigenvalue weighted by Crippen LogP contribution is 2.19. The summed E-state index contributed by atoms with van der Waals surface area (Å²) in [5, 5.41) is 3.46. The summed E-state index contributed by atoms with van der Waals surface area (Å²) in [4.78, 5) is 5.20. The molecule has 0 spiro atoms. The topological polar surface area (TPSA) is 18.5 Å². The Bertz CT molecular complexity index is 424. The molecule has 118 valence electrons. The van der Waals surface area contributed by atoms with E-state index in [9.17, 15) is 0 Å². The van der Waals surface area contributed by atoms with Crippen molar-refractivity contribution in [2.75, 3.05) is 50.7 Å². The van der Waals surface area contributed by atoms with Gasteiger partial charge < -0.3 is 10.2 Å². The van der Waals surface area contributed by atoms with Gasteiger partial charge in [-0.05, 0) is 56.5 Å². The molecule has 0 aromatic heterocycles. The molecule has 0 atom stereocenters. The van der Waals surface area contributed by atoms with Crippen LogP contribution in [0.3, 0.4) is 0 Å². The van der Waals surface area contributed by atoms with Crippen LogP contribution in [0, 0.1) is 12.8 Å². The van der Waals surface area contributed by atoms with Gasteiger partial charge in [0.25, 0.3) is 0 Å². The fourth-order valence-corrected chi connectivity index (χ4v) is 3.44. The van der Waals surface area contributed by atoms with Crippen LogP contribution in [0.1, 0.15) is 18.4 Å². The number of halogens is 1. The summed E-state index contributed by atoms with van der Waals surface area (Å²) in [5.41, 5.74) is 2.76. The van der Waals surface area contributed by atoms with Crippen molar-refractivity contribution < 1.29 is 0 Å². The van der Waals surface area contributed by atoms with Crippen LogP contribution in [0.15, 0.2) is 24.3 Å². The lowest BCUT2D eigenvalue weighted by molar-refractivity contribution is 0.196. The summed E-state index contributed by atoms with van der Waals surface area (Å²) in [6.45, 7) is 10.7. The average molecular weight is 310 g/mol. The first-order valence-electron chi connectivity index (χ1n) is 8.06. The minimum atomic E-state index is 0. The Morgan fingerprint density at radius 1 is 1.10 bits per heavy atom. The summed E-state index contributed by atoms with van der Waals surface area (Å²) in [6.07, 6.45) is 2.72. The van der Waals surface area contributed by atoms with E-state index < -0.39 is 0 Å². The molecule has 21 heavy (non-hydrogen) atoms. The maximum absolute atomic E-state index is 3.46. The van der Waals surface area contributed by atoms with E-state index in [0.717, 1.165) is 5.92 Å². The number of hydrogen-bond donors (Lipinski definition) is 1. The molecule has 1 aromatic carbocycles. The summed E-state index contributed by atoms with van der Waals surface area (Å²) in [6, 6.07) is 8.90. The molecule has 3 nitrogen and oxygen atoms in total. The molecule has 1 aromatic rings. The number of anilines is 1. The highest BCUT2D eigenvalue weighted by atomic mass is 35.5. The van der Waals surface area contributed by atoms with Gasteiger partial charge in [0.1, 0.15) is 0 Å². The number of nitrogens with zero attached hydrogens (tertiary/aromatic N) is 2. The number of piperazine rings is 1. The van der Waals surface area contributed by atoms with Gasteiger partial charge in [-0.1, -0.05) is 12.1 Å². The van der Waals surface area contributed by atoms with Gasteiger partial charge in [-0.25, -0.2) is 0 Å². The second-order valence-electron chi connectivity index (χ2n) is 6.32. The molecule has 0 radical (unpaired) electrons. The Balaban J connectivity index is 0.00000161. The normalized spacial score (nSPS) is 21.1. The summed E-state index contributed by atoms with van der Waals surface area (Å²) >= 11 is 0. The fraction of sp³-hybridized carbons (Fsp3) is 0.647. The van der Waals surface area contributed by atoms with Gasteiger partial charge in [-0.15, -0.1) is 12.4 Å². The van der Waals surface area contributed by atoms with Crippen LogP contribution in [0.4, 0.5) is 5.69 Å². The van der Waals surface area contributed by atoms with Gasteiger partial charge in [0.05, 0.1) is 0 Å². The van der Waals surface area contributed by atoms with Crippen LogP contribution in [-0.2, 0) is 0 Å². The third kappa shape index (κ3) is 4.60. The zero-order valence-corrected chi connectivity index (χ0v) is 13.9. The molecule has 2 saturated heterocycles. The van der Waals surface area contributed by atoms with Gasteiger partial charge >= 0.3 is 0 Å². The maximum atomic E-state index is 3.46. The van der Waals surface area contributed by atoms with Crippen LogP contribution in [0.5, 0.6) is 0 Å². The van der Waals surface area contributed by atoms with Crippen LogP contribution in [0.25, 0.3) is 0 Å². The second-order valence-corrected chi connectivity index (χ2v) is 6.32. The molecular formula is C17H28ClN3. The number of nitrogens with one attached hydrogen (secondary N) is 1. The van der Waals surface area contributed by atoms with Crippen molar-refractivity contribution in [2.24, 2.45) is 5.92 Å². The molecule has 1 N–H and O–H groups in total. The van der Waals surface area contributed by atoms with Gasteiger partial charge in [-0.2, -0.15) is 0 Å². The molecule has 0 bridgehead atoms. The van der Waals surface area contributed by atoms with E-state index in [2.05, 4.69) is 46.3 Å². The molecule has 2 aliphatic rings. The van der Waals surface area contributed by atoms with Crippen molar-refractivity contribution in [3.05, 3.63) is 29.8 Å². The maximum Gasteiger partial charge on any atom is 0.0369 e. The number of hydrogen-bond acceptors (Lipinski definition) is 3. The van der Waals surface area contributed by atoms with E-state index in [-0.39, 0.29) is 12.4 Å². The van der Waals surface area contributed by atoms with Crippen molar-refractivity contribution in [1.29, 1.82) is 0 Å². The summed E-state index contributed by atoms with van der Waals surface area (Å²) in [5.74, 6) is 0.918. The van der Waals surface area contributed by atoms with Crippen LogP contribution in [-0.4, -0.2) is 50.7 Å². The van der Waals surface area contributed by atoms with E-state index in [1.807, 2.05) is 0 Å². The lowest BCUT2D eigenvalue weighted by atomic mass is 9.97. The van der Waals surface area contributed by atoms with Crippen LogP contribution < -0.4 is 10.2 Å². The second kappa shape index (κ2) is 8.02. The Morgan fingerprint density at radius 3 is 2.48 bits per heavy atom. The predicted octanol–water partition coefficient (Wildman–Crippen LogP) is 2.54. The highest BCUT2D eigenvalue weighted by molar-refractivity contribution is 5.85. The zero-order valence-electron chi connectivity index (χ0n) is 13.1. The minimum absolute atomic E-state index is 0. The summed E-state index contributed by atoms with van der Waals surface area (Å²) in [7, 11) is 0. The van der Waals surface area contributed by atoms with Crippen molar-refractivity contribution in [3.8, 4) is 0 Å². The molecule has 2 heterocycles. The van der Waals surface area contributed by atoms with Crippen LogP contribution in [0.2, 0.25) is 0 Å². The molecule has 2 aliphatic heterocycles. The van der Waals surface area contributed by atoms with E-state index in [0.29, 0.717) is 0 Å². The van der Waals surface area contributed by atoms with Crippen molar-refractivity contribution in [1.82, 2.24) is 10.2 Å². The smallest absolute Gasteiger partial charge is 0.0369 e. The van der Waals surface area contributed by atoms with Gasteiger partial charge in [0, 0.05) is 38.4 Å². The van der Waals surface area contributed by atoms with E-state index in [1.165, 1.54) is 69.9 Å². The number of benzene rings is 1. The van der Waals surface area contributed by atoms with Gasteiger partial charge in [0.15, 0.2) is 0 Å². The van der Waals surface area contributed by atoms with Crippen LogP contribution >= 0.6 is 12.4 Å². The lowest BCUT2D eigenvalue weighted by Gasteiger charge is -2.38. The first-order valence-corrected chi connectivity index (χ1v) is 8.06. The number of rotatable bonds is 3. The average Bonchev–Trinajstić information content (AvgIpc) is 2.49. The third-order valence-corrected chi connectivity index (χ3v) is 4.71. The Labute approximate surface area is 135 Å². The SMILES string of the molecule is Cc1cccc(N2CCN(CC3CCNCC3)CC2)c1.Cl. The largest absolute Gasteiger partial charge is 0.369 e. The van der Waals surface area contributed by atoms with E-state index in [4.69, 9.17) is 0 Å². The monoisotopic (exact) mass is 309 g/mol. The summed E-state index contributed by atoms with van der Waals surface area (Å²) < 4.78 is 0. The number of aryl methyl sites for hydroxylation is 1. The van der Waals surface area contributed by atoms with E-state index in [1.54, 1.807) is 0 Å². The number of piperidine rings is 1. The fourth-order valence-electron chi connectivity index (χ4n) is 3.44. The zero-order chi connectivity index (χ0) is 13.8. The van der Waals surface area contributed by atoms with Crippen molar-refractivity contribution >= 4 is 18.1 Å². The molecule has 0 amide bonds. The molecule has 0 aliphatic carbocycles. The van der Waals surface area contributed by atoms with Gasteiger partial charge in [-0.3, -0.25) is 4.90 Å². The Morgan fingerprint density at radius 2 is 1.81 bits per heavy atom. The van der Waals surface area contributed by atoms with E-state index >= 15 is 0 Å². The first kappa shape index (κ1) is 16.6.